The van der Waals surface area contributed by atoms with Gasteiger partial charge in [0.05, 0.1) is 24.8 Å². The number of amides is 1. The third-order valence-electron chi connectivity index (χ3n) is 9.56. The van der Waals surface area contributed by atoms with Crippen LogP contribution in [-0.2, 0) is 25.5 Å². The van der Waals surface area contributed by atoms with Crippen LogP contribution in [0.1, 0.15) is 55.7 Å². The molecule has 6 N–H and O–H groups in total. The van der Waals surface area contributed by atoms with Gasteiger partial charge in [0.2, 0.25) is 5.78 Å². The number of carbonyl (C=O) groups excluding carboxylic acids is 3. The third kappa shape index (κ3) is 3.61. The zero-order valence-corrected chi connectivity index (χ0v) is 22.1. The summed E-state index contributed by atoms with van der Waals surface area (Å²) >= 11 is 0. The van der Waals surface area contributed by atoms with E-state index in [0.717, 1.165) is 24.0 Å². The van der Waals surface area contributed by atoms with Crippen LogP contribution in [0.15, 0.2) is 29.0 Å². The van der Waals surface area contributed by atoms with Gasteiger partial charge in [0, 0.05) is 24.6 Å². The van der Waals surface area contributed by atoms with E-state index in [1.165, 1.54) is 6.07 Å². The Morgan fingerprint density at radius 2 is 1.74 bits per heavy atom. The number of nitrogens with two attached hydrogens (primary N) is 1. The molecule has 208 valence electrons. The van der Waals surface area contributed by atoms with Crippen LogP contribution < -0.4 is 5.73 Å². The molecule has 6 rings (SSSR count). The van der Waals surface area contributed by atoms with E-state index in [1.807, 2.05) is 6.07 Å². The van der Waals surface area contributed by atoms with Crippen molar-refractivity contribution in [3.05, 3.63) is 45.7 Å². The number of primary amides is 1. The van der Waals surface area contributed by atoms with Crippen LogP contribution in [0.4, 0.5) is 0 Å². The minimum Gasteiger partial charge on any atom is -0.508 e. The summed E-state index contributed by atoms with van der Waals surface area (Å²) in [6.45, 7) is 5.71. The highest BCUT2D eigenvalue weighted by Crippen LogP contribution is 2.56. The molecule has 0 bridgehead atoms. The number of rotatable bonds is 3. The number of ether oxygens (including phenoxy) is 1. The summed E-state index contributed by atoms with van der Waals surface area (Å²) < 4.78 is 5.42. The van der Waals surface area contributed by atoms with Crippen LogP contribution in [-0.4, -0.2) is 80.7 Å². The zero-order valence-electron chi connectivity index (χ0n) is 22.1. The number of aliphatic hydroxyl groups excluding tert-OH is 2. The second-order valence-corrected chi connectivity index (χ2v) is 12.4. The predicted molar refractivity (Wildman–Crippen MR) is 139 cm³/mol. The fourth-order valence-corrected chi connectivity index (χ4v) is 7.83. The van der Waals surface area contributed by atoms with Gasteiger partial charge in [-0.25, -0.2) is 0 Å². The average molecular weight is 539 g/mol. The van der Waals surface area contributed by atoms with E-state index in [9.17, 15) is 34.8 Å². The maximum atomic E-state index is 14.1. The van der Waals surface area contributed by atoms with Crippen molar-refractivity contribution in [1.29, 1.82) is 0 Å². The molecule has 3 fully saturated rings. The van der Waals surface area contributed by atoms with Crippen molar-refractivity contribution in [1.82, 2.24) is 4.90 Å². The van der Waals surface area contributed by atoms with E-state index in [0.29, 0.717) is 32.7 Å². The van der Waals surface area contributed by atoms with Crippen molar-refractivity contribution in [2.24, 2.45) is 23.0 Å². The second-order valence-electron chi connectivity index (χ2n) is 12.4. The first-order valence-electron chi connectivity index (χ1n) is 13.5. The molecule has 4 atom stereocenters. The first kappa shape index (κ1) is 26.0. The number of phenols is 1. The lowest BCUT2D eigenvalue weighted by Gasteiger charge is -2.52. The van der Waals surface area contributed by atoms with Gasteiger partial charge in [-0.3, -0.25) is 19.3 Å². The van der Waals surface area contributed by atoms with Crippen molar-refractivity contribution in [3.63, 3.8) is 0 Å². The highest BCUT2D eigenvalue weighted by molar-refractivity contribution is 6.24. The van der Waals surface area contributed by atoms with E-state index >= 15 is 0 Å². The molecular weight excluding hydrogens is 504 g/mol. The Hall–Kier alpha value is -3.21. The number of Topliss-reactive ketones (excluding diaryl/α,β-unsaturated/α-hetero) is 2. The summed E-state index contributed by atoms with van der Waals surface area (Å²) in [5.41, 5.74) is 4.04. The topological polar surface area (TPSA) is 171 Å². The molecule has 39 heavy (non-hydrogen) atoms. The summed E-state index contributed by atoms with van der Waals surface area (Å²) in [5.74, 6) is -6.04. The van der Waals surface area contributed by atoms with Crippen LogP contribution in [0.5, 0.6) is 5.75 Å². The van der Waals surface area contributed by atoms with Crippen LogP contribution in [0, 0.1) is 17.3 Å². The lowest BCUT2D eigenvalue weighted by atomic mass is 9.56. The Balaban J connectivity index is 1.50. The van der Waals surface area contributed by atoms with Gasteiger partial charge >= 0.3 is 0 Å². The number of nitrogens with zero attached hydrogens (tertiary/aromatic N) is 1. The molecule has 2 saturated carbocycles. The summed E-state index contributed by atoms with van der Waals surface area (Å²) in [6, 6.07) is 2.31. The van der Waals surface area contributed by atoms with E-state index in [2.05, 4.69) is 13.8 Å². The molecule has 1 aliphatic heterocycles. The Morgan fingerprint density at radius 1 is 1.08 bits per heavy atom. The highest BCUT2D eigenvalue weighted by Gasteiger charge is 2.64. The zero-order chi connectivity index (χ0) is 28.0. The lowest BCUT2D eigenvalue weighted by Crippen LogP contribution is -2.67. The monoisotopic (exact) mass is 538 g/mol. The molecule has 0 spiro atoms. The van der Waals surface area contributed by atoms with Gasteiger partial charge in [0.25, 0.3) is 5.91 Å². The highest BCUT2D eigenvalue weighted by atomic mass is 16.5. The maximum absolute atomic E-state index is 14.1. The van der Waals surface area contributed by atoms with Gasteiger partial charge < -0.3 is 30.9 Å². The third-order valence-corrected chi connectivity index (χ3v) is 9.56. The Bertz CT molecular complexity index is 1360. The molecule has 1 aromatic carbocycles. The number of ketones is 2. The van der Waals surface area contributed by atoms with Crippen LogP contribution in [0.2, 0.25) is 0 Å². The average Bonchev–Trinajstić information content (AvgIpc) is 2.85. The number of benzene rings is 1. The fraction of sp³-hybridized carbons (Fsp3) is 0.552. The van der Waals surface area contributed by atoms with Crippen molar-refractivity contribution < 1.29 is 39.5 Å². The number of hydrogen-bond acceptors (Lipinski definition) is 9. The molecule has 4 unspecified atom stereocenters. The summed E-state index contributed by atoms with van der Waals surface area (Å²) in [4.78, 5) is 41.7. The number of aromatic hydroxyl groups is 1. The number of hydrogen-bond donors (Lipinski definition) is 5. The number of carbonyl (C=O) groups is 3. The Kier molecular flexibility index (Phi) is 5.77. The van der Waals surface area contributed by atoms with Crippen LogP contribution in [0.3, 0.4) is 0 Å². The minimum atomic E-state index is -2.64. The summed E-state index contributed by atoms with van der Waals surface area (Å²) in [6.07, 6.45) is 2.33. The number of phenolic OH excluding ortho intramolecular Hbond substituents is 1. The number of morpholine rings is 1. The SMILES string of the molecule is CC1(C)CC(c2ccc(O)c3c2CC2CC4C(N5CCOCC5)C(=O)C(C(N)=O)=C(O)C4(O)C(=O)C2=C3O)C1. The first-order valence-corrected chi connectivity index (χ1v) is 13.5. The van der Waals surface area contributed by atoms with Crippen LogP contribution >= 0.6 is 0 Å². The molecule has 0 radical (unpaired) electrons. The molecule has 0 aromatic heterocycles. The fourth-order valence-electron chi connectivity index (χ4n) is 7.83. The van der Waals surface area contributed by atoms with Gasteiger partial charge in [0.15, 0.2) is 11.4 Å². The van der Waals surface area contributed by atoms with Crippen molar-refractivity contribution in [3.8, 4) is 5.75 Å². The van der Waals surface area contributed by atoms with Crippen molar-refractivity contribution in [2.75, 3.05) is 26.3 Å². The van der Waals surface area contributed by atoms with Crippen LogP contribution in [0.25, 0.3) is 5.76 Å². The first-order chi connectivity index (χ1) is 18.4. The van der Waals surface area contributed by atoms with E-state index in [-0.39, 0.29) is 34.6 Å². The van der Waals surface area contributed by atoms with Gasteiger partial charge in [0.1, 0.15) is 22.8 Å². The molecule has 4 aliphatic carbocycles. The lowest BCUT2D eigenvalue weighted by molar-refractivity contribution is -0.157. The molecule has 1 heterocycles. The molecule has 1 amide bonds. The van der Waals surface area contributed by atoms with Gasteiger partial charge in [-0.05, 0) is 60.1 Å². The quantitative estimate of drug-likeness (QED) is 0.359. The number of fused-ring (bicyclic) bond motifs is 3. The van der Waals surface area contributed by atoms with E-state index in [1.54, 1.807) is 4.90 Å². The summed E-state index contributed by atoms with van der Waals surface area (Å²) in [7, 11) is 0. The van der Waals surface area contributed by atoms with Gasteiger partial charge in [-0.1, -0.05) is 19.9 Å². The van der Waals surface area contributed by atoms with Gasteiger partial charge in [-0.15, -0.1) is 0 Å². The molecule has 1 saturated heterocycles. The normalized spacial score (nSPS) is 32.8. The summed E-state index contributed by atoms with van der Waals surface area (Å²) in [5, 5.41) is 45.2. The predicted octanol–water partition coefficient (Wildman–Crippen LogP) is 1.64. The Morgan fingerprint density at radius 3 is 2.36 bits per heavy atom. The molecule has 5 aliphatic rings. The second kappa shape index (κ2) is 8.64. The standard InChI is InChI=1S/C29H34N2O8/c1-28(2)11-14(12-28)15-3-4-18(32)20-16(15)9-13-10-17-22(31-5-7-39-8-6-31)24(34)21(27(30)37)26(36)29(17,38)25(35)19(13)23(20)33/h3-4,13-14,17,22,32-33,36,38H,5-12H2,1-2H3,(H2,30,37). The molecule has 1 aromatic rings. The minimum absolute atomic E-state index is 0.0934. The van der Waals surface area contributed by atoms with Crippen molar-refractivity contribution in [2.45, 2.75) is 57.1 Å². The molecule has 10 heteroatoms. The number of aliphatic hydroxyl groups is 3. The Labute approximate surface area is 225 Å². The largest absolute Gasteiger partial charge is 0.508 e. The smallest absolute Gasteiger partial charge is 0.255 e. The van der Waals surface area contributed by atoms with Gasteiger partial charge in [-0.2, -0.15) is 0 Å². The molecular formula is C29H34N2O8. The van der Waals surface area contributed by atoms with Crippen molar-refractivity contribution >= 4 is 23.2 Å². The van der Waals surface area contributed by atoms with E-state index in [4.69, 9.17) is 10.5 Å². The molecule has 10 nitrogen and oxygen atoms in total. The van der Waals surface area contributed by atoms with E-state index < -0.39 is 58.0 Å². The maximum Gasteiger partial charge on any atom is 0.255 e.